The maximum absolute atomic E-state index is 4.71. The number of aromatic amines is 1. The van der Waals surface area contributed by atoms with Crippen LogP contribution in [0.1, 0.15) is 31.0 Å². The van der Waals surface area contributed by atoms with Crippen LogP contribution in [0.3, 0.4) is 0 Å². The molecule has 0 amide bonds. The summed E-state index contributed by atoms with van der Waals surface area (Å²) in [6.45, 7) is 0. The first-order chi connectivity index (χ1) is 8.74. The van der Waals surface area contributed by atoms with Gasteiger partial charge < -0.3 is 9.88 Å². The van der Waals surface area contributed by atoms with Crippen molar-refractivity contribution in [2.24, 2.45) is 11.8 Å². The van der Waals surface area contributed by atoms with E-state index < -0.39 is 0 Å². The average molecular weight is 242 g/mol. The first-order valence-electron chi connectivity index (χ1n) is 6.78. The molecule has 0 aromatic carbocycles. The first-order valence-corrected chi connectivity index (χ1v) is 6.78. The van der Waals surface area contributed by atoms with E-state index in [1.54, 1.807) is 0 Å². The van der Waals surface area contributed by atoms with Crippen LogP contribution in [0.5, 0.6) is 0 Å². The van der Waals surface area contributed by atoms with Gasteiger partial charge in [-0.1, -0.05) is 6.42 Å². The highest BCUT2D eigenvalue weighted by molar-refractivity contribution is 5.73. The molecule has 2 atom stereocenters. The Kier molecular flexibility index (Phi) is 1.99. The fourth-order valence-electron chi connectivity index (χ4n) is 3.54. The Morgan fingerprint density at radius 3 is 2.67 bits per heavy atom. The molecule has 0 aliphatic heterocycles. The van der Waals surface area contributed by atoms with Gasteiger partial charge >= 0.3 is 0 Å². The fourth-order valence-corrected chi connectivity index (χ4v) is 3.54. The molecule has 18 heavy (non-hydrogen) atoms. The smallest absolute Gasteiger partial charge is 0.179 e. The normalized spacial score (nSPS) is 29.6. The van der Waals surface area contributed by atoms with E-state index in [9.17, 15) is 0 Å². The van der Waals surface area contributed by atoms with Gasteiger partial charge in [-0.3, -0.25) is 0 Å². The largest absolute Gasteiger partial charge is 0.363 e. The molecule has 2 fully saturated rings. The Balaban J connectivity index is 1.71. The molecule has 2 aromatic heterocycles. The van der Waals surface area contributed by atoms with Crippen molar-refractivity contribution in [2.75, 3.05) is 19.0 Å². The van der Waals surface area contributed by atoms with E-state index in [-0.39, 0.29) is 0 Å². The summed E-state index contributed by atoms with van der Waals surface area (Å²) in [6.07, 6.45) is 4.20. The standard InChI is InChI=1S/C14H18N4/c1-18(2)11-7-6-10-13(16-11)17-14(15-10)12-8-4-3-5-9(8)12/h6-9,12H,3-5H2,1-2H3,(H,15,16,17). The molecule has 0 saturated heterocycles. The molecular formula is C14H18N4. The number of imidazole rings is 1. The van der Waals surface area contributed by atoms with Crippen LogP contribution in [-0.4, -0.2) is 29.0 Å². The number of anilines is 1. The van der Waals surface area contributed by atoms with Crippen LogP contribution in [0, 0.1) is 11.8 Å². The number of nitrogens with one attached hydrogen (secondary N) is 1. The molecule has 0 radical (unpaired) electrons. The minimum Gasteiger partial charge on any atom is -0.363 e. The van der Waals surface area contributed by atoms with Crippen molar-refractivity contribution in [2.45, 2.75) is 25.2 Å². The molecule has 2 aliphatic rings. The van der Waals surface area contributed by atoms with Crippen LogP contribution in [0.15, 0.2) is 12.1 Å². The van der Waals surface area contributed by atoms with E-state index in [1.165, 1.54) is 25.1 Å². The molecule has 2 aromatic rings. The SMILES string of the molecule is CN(C)c1ccc2[nH]c(C3C4CCCC43)nc2n1. The lowest BCUT2D eigenvalue weighted by Crippen LogP contribution is -2.10. The third-order valence-electron chi connectivity index (χ3n) is 4.53. The van der Waals surface area contributed by atoms with Gasteiger partial charge in [0.15, 0.2) is 5.65 Å². The van der Waals surface area contributed by atoms with Crippen LogP contribution < -0.4 is 4.90 Å². The van der Waals surface area contributed by atoms with Gasteiger partial charge in [0.2, 0.25) is 0 Å². The lowest BCUT2D eigenvalue weighted by atomic mass is 10.1. The van der Waals surface area contributed by atoms with Crippen molar-refractivity contribution >= 4 is 17.0 Å². The molecular weight excluding hydrogens is 224 g/mol. The van der Waals surface area contributed by atoms with Crippen LogP contribution in [0.4, 0.5) is 5.82 Å². The van der Waals surface area contributed by atoms with Crippen LogP contribution in [0.2, 0.25) is 0 Å². The number of hydrogen-bond donors (Lipinski definition) is 1. The van der Waals surface area contributed by atoms with Gasteiger partial charge in [0.25, 0.3) is 0 Å². The van der Waals surface area contributed by atoms with E-state index in [0.29, 0.717) is 5.92 Å². The monoisotopic (exact) mass is 242 g/mol. The van der Waals surface area contributed by atoms with Gasteiger partial charge in [-0.25, -0.2) is 9.97 Å². The maximum Gasteiger partial charge on any atom is 0.179 e. The molecule has 94 valence electrons. The third-order valence-corrected chi connectivity index (χ3v) is 4.53. The molecule has 0 bridgehead atoms. The summed E-state index contributed by atoms with van der Waals surface area (Å²) in [6, 6.07) is 4.13. The highest BCUT2D eigenvalue weighted by Gasteiger charge is 2.54. The summed E-state index contributed by atoms with van der Waals surface area (Å²) < 4.78 is 0. The van der Waals surface area contributed by atoms with E-state index >= 15 is 0 Å². The summed E-state index contributed by atoms with van der Waals surface area (Å²) in [5.74, 6) is 4.63. The topological polar surface area (TPSA) is 44.8 Å². The number of rotatable bonds is 2. The Hall–Kier alpha value is -1.58. The molecule has 4 heteroatoms. The van der Waals surface area contributed by atoms with Gasteiger partial charge in [-0.2, -0.15) is 0 Å². The average Bonchev–Trinajstić information content (AvgIpc) is 2.78. The summed E-state index contributed by atoms with van der Waals surface area (Å²) in [7, 11) is 4.01. The predicted molar refractivity (Wildman–Crippen MR) is 71.8 cm³/mol. The second-order valence-electron chi connectivity index (χ2n) is 5.84. The molecule has 2 aliphatic carbocycles. The Labute approximate surface area is 106 Å². The predicted octanol–water partition coefficient (Wildman–Crippen LogP) is 2.54. The van der Waals surface area contributed by atoms with Crippen molar-refractivity contribution in [1.29, 1.82) is 0 Å². The van der Waals surface area contributed by atoms with Gasteiger partial charge in [0, 0.05) is 20.0 Å². The Morgan fingerprint density at radius 2 is 1.94 bits per heavy atom. The lowest BCUT2D eigenvalue weighted by molar-refractivity contribution is 0.664. The van der Waals surface area contributed by atoms with Crippen molar-refractivity contribution in [3.63, 3.8) is 0 Å². The van der Waals surface area contributed by atoms with Crippen LogP contribution in [-0.2, 0) is 0 Å². The highest BCUT2D eigenvalue weighted by atomic mass is 15.2. The summed E-state index contributed by atoms with van der Waals surface area (Å²) in [5, 5.41) is 0. The van der Waals surface area contributed by atoms with Crippen molar-refractivity contribution < 1.29 is 0 Å². The fraction of sp³-hybridized carbons (Fsp3) is 0.571. The molecule has 4 nitrogen and oxygen atoms in total. The Bertz CT molecular complexity index is 591. The second kappa shape index (κ2) is 3.46. The molecule has 2 unspecified atom stereocenters. The zero-order valence-corrected chi connectivity index (χ0v) is 10.8. The van der Waals surface area contributed by atoms with E-state index in [2.05, 4.69) is 16.0 Å². The van der Waals surface area contributed by atoms with Crippen molar-refractivity contribution in [1.82, 2.24) is 15.0 Å². The van der Waals surface area contributed by atoms with Crippen LogP contribution >= 0.6 is 0 Å². The van der Waals surface area contributed by atoms with Gasteiger partial charge in [0.1, 0.15) is 11.6 Å². The van der Waals surface area contributed by atoms with E-state index in [0.717, 1.165) is 28.8 Å². The summed E-state index contributed by atoms with van der Waals surface area (Å²) >= 11 is 0. The van der Waals surface area contributed by atoms with Crippen LogP contribution in [0.25, 0.3) is 11.2 Å². The van der Waals surface area contributed by atoms with Gasteiger partial charge in [-0.05, 0) is 36.8 Å². The third kappa shape index (κ3) is 1.38. The summed E-state index contributed by atoms with van der Waals surface area (Å²) in [5.41, 5.74) is 1.93. The second-order valence-corrected chi connectivity index (χ2v) is 5.84. The van der Waals surface area contributed by atoms with E-state index in [4.69, 9.17) is 4.98 Å². The number of pyridine rings is 1. The number of nitrogens with zero attached hydrogens (tertiary/aromatic N) is 3. The molecule has 0 spiro atoms. The van der Waals surface area contributed by atoms with E-state index in [1.807, 2.05) is 25.1 Å². The minimum absolute atomic E-state index is 0.691. The van der Waals surface area contributed by atoms with Crippen molar-refractivity contribution in [3.8, 4) is 0 Å². The van der Waals surface area contributed by atoms with Crippen molar-refractivity contribution in [3.05, 3.63) is 18.0 Å². The summed E-state index contributed by atoms with van der Waals surface area (Å²) in [4.78, 5) is 14.8. The zero-order valence-electron chi connectivity index (χ0n) is 10.8. The molecule has 2 saturated carbocycles. The first kappa shape index (κ1) is 10.4. The van der Waals surface area contributed by atoms with Gasteiger partial charge in [0.05, 0.1) is 5.52 Å². The lowest BCUT2D eigenvalue weighted by Gasteiger charge is -2.09. The maximum atomic E-state index is 4.71. The minimum atomic E-state index is 0.691. The quantitative estimate of drug-likeness (QED) is 0.880. The number of hydrogen-bond acceptors (Lipinski definition) is 3. The highest BCUT2D eigenvalue weighted by Crippen LogP contribution is 2.62. The molecule has 4 rings (SSSR count). The molecule has 2 heterocycles. The molecule has 1 N–H and O–H groups in total. The zero-order chi connectivity index (χ0) is 12.3. The number of H-pyrrole nitrogens is 1. The number of fused-ring (bicyclic) bond motifs is 2. The number of aromatic nitrogens is 3. The Morgan fingerprint density at radius 1 is 1.17 bits per heavy atom. The van der Waals surface area contributed by atoms with Gasteiger partial charge in [-0.15, -0.1) is 0 Å².